The largest absolute Gasteiger partial charge is 0.341 e. The molecule has 1 aliphatic heterocycles. The third-order valence-electron chi connectivity index (χ3n) is 4.28. The van der Waals surface area contributed by atoms with E-state index in [0.29, 0.717) is 6.54 Å². The molecule has 7 heteroatoms. The number of amides is 2. The van der Waals surface area contributed by atoms with Crippen LogP contribution in [0.3, 0.4) is 0 Å². The number of hydrogen-bond acceptors (Lipinski definition) is 3. The van der Waals surface area contributed by atoms with Gasteiger partial charge in [0, 0.05) is 25.5 Å². The van der Waals surface area contributed by atoms with Crippen LogP contribution < -0.4 is 5.48 Å². The summed E-state index contributed by atoms with van der Waals surface area (Å²) in [6.45, 7) is 3.59. The van der Waals surface area contributed by atoms with Gasteiger partial charge >= 0.3 is 6.03 Å². The minimum Gasteiger partial charge on any atom is -0.333 e. The third kappa shape index (κ3) is 3.91. The zero-order chi connectivity index (χ0) is 16.9. The van der Waals surface area contributed by atoms with Crippen molar-refractivity contribution in [2.24, 2.45) is 0 Å². The fourth-order valence-electron chi connectivity index (χ4n) is 2.94. The molecule has 6 nitrogen and oxygen atoms in total. The van der Waals surface area contributed by atoms with Crippen LogP contribution in [0.5, 0.6) is 0 Å². The van der Waals surface area contributed by atoms with E-state index in [1.54, 1.807) is 23.2 Å². The van der Waals surface area contributed by atoms with Gasteiger partial charge in [0.25, 0.3) is 0 Å². The monoisotopic (exact) mass is 332 g/mol. The van der Waals surface area contributed by atoms with E-state index in [4.69, 9.17) is 4.84 Å². The molecule has 0 aliphatic carbocycles. The maximum absolute atomic E-state index is 12.8. The van der Waals surface area contributed by atoms with Crippen LogP contribution in [-0.2, 0) is 18.0 Å². The van der Waals surface area contributed by atoms with Gasteiger partial charge in [-0.25, -0.2) is 19.6 Å². The van der Waals surface area contributed by atoms with Crippen LogP contribution in [0.2, 0.25) is 0 Å². The van der Waals surface area contributed by atoms with Crippen molar-refractivity contribution >= 4 is 6.03 Å². The first kappa shape index (κ1) is 16.4. The molecule has 24 heavy (non-hydrogen) atoms. The second kappa shape index (κ2) is 7.44. The number of benzene rings is 1. The molecule has 1 atom stereocenters. The molecule has 0 spiro atoms. The topological polar surface area (TPSA) is 59.4 Å². The van der Waals surface area contributed by atoms with Crippen molar-refractivity contribution in [3.63, 3.8) is 0 Å². The molecular formula is C17H21FN4O2. The maximum Gasteiger partial charge on any atom is 0.341 e. The summed E-state index contributed by atoms with van der Waals surface area (Å²) >= 11 is 0. The number of carbonyl (C=O) groups is 1. The standard InChI is InChI=1S/C17H21FN4O2/c1-13-19-8-10-21(13)11-16-3-2-9-22(16)17(23)20-24-12-14-4-6-15(18)7-5-14/h4-8,10,16H,2-3,9,11-12H2,1H3,(H,20,23). The molecule has 1 aliphatic rings. The van der Waals surface area contributed by atoms with Crippen LogP contribution in [0.1, 0.15) is 24.2 Å². The molecule has 1 unspecified atom stereocenters. The Hall–Kier alpha value is -2.41. The van der Waals surface area contributed by atoms with E-state index in [1.165, 1.54) is 12.1 Å². The van der Waals surface area contributed by atoms with Gasteiger partial charge in [-0.1, -0.05) is 12.1 Å². The van der Waals surface area contributed by atoms with Crippen LogP contribution in [0.4, 0.5) is 9.18 Å². The second-order valence-corrected chi connectivity index (χ2v) is 5.94. The van der Waals surface area contributed by atoms with Gasteiger partial charge in [-0.2, -0.15) is 0 Å². The number of aromatic nitrogens is 2. The highest BCUT2D eigenvalue weighted by molar-refractivity contribution is 5.73. The number of imidazole rings is 1. The molecule has 1 aromatic heterocycles. The van der Waals surface area contributed by atoms with E-state index < -0.39 is 0 Å². The lowest BCUT2D eigenvalue weighted by atomic mass is 10.2. The van der Waals surface area contributed by atoms with Gasteiger partial charge in [-0.15, -0.1) is 0 Å². The number of carbonyl (C=O) groups excluding carboxylic acids is 1. The molecule has 1 N–H and O–H groups in total. The van der Waals surface area contributed by atoms with Crippen molar-refractivity contribution in [2.45, 2.75) is 39.0 Å². The highest BCUT2D eigenvalue weighted by atomic mass is 19.1. The first-order valence-electron chi connectivity index (χ1n) is 8.04. The number of hydrogen-bond donors (Lipinski definition) is 1. The van der Waals surface area contributed by atoms with Crippen molar-refractivity contribution in [3.05, 3.63) is 53.9 Å². The number of nitrogens with one attached hydrogen (secondary N) is 1. The van der Waals surface area contributed by atoms with Crippen LogP contribution in [0.25, 0.3) is 0 Å². The first-order chi connectivity index (χ1) is 11.6. The van der Waals surface area contributed by atoms with Crippen molar-refractivity contribution in [1.82, 2.24) is 19.9 Å². The predicted octanol–water partition coefficient (Wildman–Crippen LogP) is 2.64. The lowest BCUT2D eigenvalue weighted by Gasteiger charge is -2.25. The fourth-order valence-corrected chi connectivity index (χ4v) is 2.94. The molecule has 0 radical (unpaired) electrons. The molecule has 2 heterocycles. The van der Waals surface area contributed by atoms with Crippen LogP contribution in [0.15, 0.2) is 36.7 Å². The number of halogens is 1. The molecular weight excluding hydrogens is 311 g/mol. The van der Waals surface area contributed by atoms with Gasteiger partial charge in [-0.3, -0.25) is 4.84 Å². The number of hydroxylamine groups is 1. The Morgan fingerprint density at radius 2 is 2.21 bits per heavy atom. The van der Waals surface area contributed by atoms with Crippen molar-refractivity contribution < 1.29 is 14.0 Å². The average Bonchev–Trinajstić information content (AvgIpc) is 3.19. The van der Waals surface area contributed by atoms with E-state index in [2.05, 4.69) is 15.0 Å². The molecule has 2 amide bonds. The Balaban J connectivity index is 1.50. The van der Waals surface area contributed by atoms with Gasteiger partial charge in [0.05, 0.1) is 12.6 Å². The Bertz CT molecular complexity index is 686. The molecule has 1 saturated heterocycles. The first-order valence-corrected chi connectivity index (χ1v) is 8.04. The summed E-state index contributed by atoms with van der Waals surface area (Å²) in [7, 11) is 0. The van der Waals surface area contributed by atoms with Crippen molar-refractivity contribution in [2.75, 3.05) is 6.54 Å². The molecule has 0 saturated carbocycles. The van der Waals surface area contributed by atoms with Crippen LogP contribution in [-0.4, -0.2) is 33.1 Å². The summed E-state index contributed by atoms with van der Waals surface area (Å²) in [6.07, 6.45) is 5.63. The van der Waals surface area contributed by atoms with E-state index in [0.717, 1.165) is 30.8 Å². The Kier molecular flexibility index (Phi) is 5.10. The fraction of sp³-hybridized carbons (Fsp3) is 0.412. The summed E-state index contributed by atoms with van der Waals surface area (Å²) in [5.74, 6) is 0.646. The Morgan fingerprint density at radius 3 is 2.92 bits per heavy atom. The van der Waals surface area contributed by atoms with E-state index >= 15 is 0 Å². The minimum absolute atomic E-state index is 0.132. The maximum atomic E-state index is 12.8. The van der Waals surface area contributed by atoms with Gasteiger partial charge in [-0.05, 0) is 37.5 Å². The zero-order valence-electron chi connectivity index (χ0n) is 13.6. The molecule has 128 valence electrons. The highest BCUT2D eigenvalue weighted by Gasteiger charge is 2.29. The zero-order valence-corrected chi connectivity index (χ0v) is 13.6. The van der Waals surface area contributed by atoms with E-state index in [1.807, 2.05) is 13.1 Å². The van der Waals surface area contributed by atoms with Crippen LogP contribution in [0, 0.1) is 12.7 Å². The van der Waals surface area contributed by atoms with E-state index in [-0.39, 0.29) is 24.5 Å². The quantitative estimate of drug-likeness (QED) is 0.856. The number of aryl methyl sites for hydroxylation is 1. The van der Waals surface area contributed by atoms with E-state index in [9.17, 15) is 9.18 Å². The van der Waals surface area contributed by atoms with Crippen molar-refractivity contribution in [3.8, 4) is 0 Å². The lowest BCUT2D eigenvalue weighted by molar-refractivity contribution is 0.0345. The summed E-state index contributed by atoms with van der Waals surface area (Å²) in [5.41, 5.74) is 3.28. The second-order valence-electron chi connectivity index (χ2n) is 5.94. The number of urea groups is 1. The highest BCUT2D eigenvalue weighted by Crippen LogP contribution is 2.19. The van der Waals surface area contributed by atoms with Gasteiger partial charge in [0.1, 0.15) is 11.6 Å². The molecule has 3 rings (SSSR count). The van der Waals surface area contributed by atoms with Crippen LogP contribution >= 0.6 is 0 Å². The molecule has 2 aromatic rings. The van der Waals surface area contributed by atoms with Gasteiger partial charge in [0.15, 0.2) is 0 Å². The SMILES string of the molecule is Cc1nccn1CC1CCCN1C(=O)NOCc1ccc(F)cc1. The summed E-state index contributed by atoms with van der Waals surface area (Å²) in [4.78, 5) is 23.6. The molecule has 1 aromatic carbocycles. The van der Waals surface area contributed by atoms with Gasteiger partial charge < -0.3 is 9.47 Å². The Labute approximate surface area is 140 Å². The van der Waals surface area contributed by atoms with Gasteiger partial charge in [0.2, 0.25) is 0 Å². The van der Waals surface area contributed by atoms with Crippen molar-refractivity contribution in [1.29, 1.82) is 0 Å². The molecule has 1 fully saturated rings. The number of nitrogens with zero attached hydrogens (tertiary/aromatic N) is 3. The summed E-state index contributed by atoms with van der Waals surface area (Å²) in [5, 5.41) is 0. The lowest BCUT2D eigenvalue weighted by Crippen LogP contribution is -2.44. The summed E-state index contributed by atoms with van der Waals surface area (Å²) < 4.78 is 14.9. The smallest absolute Gasteiger partial charge is 0.333 e. The Morgan fingerprint density at radius 1 is 1.42 bits per heavy atom. The third-order valence-corrected chi connectivity index (χ3v) is 4.28. The normalized spacial score (nSPS) is 17.2. The number of likely N-dealkylation sites (tertiary alicyclic amines) is 1. The summed E-state index contributed by atoms with van der Waals surface area (Å²) in [6, 6.07) is 5.88. The molecule has 0 bridgehead atoms. The predicted molar refractivity (Wildman–Crippen MR) is 86.4 cm³/mol. The number of rotatable bonds is 5. The average molecular weight is 332 g/mol. The minimum atomic E-state index is -0.294.